The Morgan fingerprint density at radius 2 is 2.00 bits per heavy atom. The molecular formula is C14H19IO. The molecule has 0 aliphatic carbocycles. The van der Waals surface area contributed by atoms with Crippen molar-refractivity contribution < 1.29 is 4.74 Å². The van der Waals surface area contributed by atoms with Crippen LogP contribution in [0.15, 0.2) is 6.07 Å². The molecule has 0 radical (unpaired) electrons. The first kappa shape index (κ1) is 12.2. The lowest BCUT2D eigenvalue weighted by atomic mass is 9.89. The third kappa shape index (κ3) is 1.96. The molecule has 1 aliphatic rings. The van der Waals surface area contributed by atoms with E-state index >= 15 is 0 Å². The van der Waals surface area contributed by atoms with E-state index in [1.165, 1.54) is 22.3 Å². The van der Waals surface area contributed by atoms with E-state index in [1.54, 1.807) is 0 Å². The number of hydrogen-bond donors (Lipinski definition) is 0. The summed E-state index contributed by atoms with van der Waals surface area (Å²) in [4.78, 5) is 0. The molecule has 1 aromatic carbocycles. The maximum Gasteiger partial charge on any atom is 0.126 e. The van der Waals surface area contributed by atoms with Gasteiger partial charge in [-0.05, 0) is 62.8 Å². The highest BCUT2D eigenvalue weighted by Gasteiger charge is 2.32. The first-order chi connectivity index (χ1) is 7.47. The molecule has 2 rings (SSSR count). The standard InChI is InChI=1S/C14H19IO/c1-9-7-10(2)12-5-6-14(4,8-15)16-13(12)11(9)3/h7H,5-6,8H2,1-4H3. The van der Waals surface area contributed by atoms with Crippen molar-refractivity contribution in [3.05, 3.63) is 28.3 Å². The molecule has 1 atom stereocenters. The fourth-order valence-electron chi connectivity index (χ4n) is 2.33. The van der Waals surface area contributed by atoms with E-state index < -0.39 is 0 Å². The third-order valence-electron chi connectivity index (χ3n) is 3.65. The van der Waals surface area contributed by atoms with Crippen LogP contribution in [0.25, 0.3) is 0 Å². The van der Waals surface area contributed by atoms with Crippen molar-refractivity contribution in [2.45, 2.75) is 46.1 Å². The van der Waals surface area contributed by atoms with Gasteiger partial charge in [0.25, 0.3) is 0 Å². The topological polar surface area (TPSA) is 9.23 Å². The molecule has 0 spiro atoms. The summed E-state index contributed by atoms with van der Waals surface area (Å²) in [7, 11) is 0. The Morgan fingerprint density at radius 1 is 1.31 bits per heavy atom. The SMILES string of the molecule is Cc1cc(C)c2c(c1C)OC(C)(CI)CC2. The van der Waals surface area contributed by atoms with Crippen molar-refractivity contribution in [1.82, 2.24) is 0 Å². The van der Waals surface area contributed by atoms with Gasteiger partial charge in [-0.25, -0.2) is 0 Å². The minimum absolute atomic E-state index is 0.0263. The van der Waals surface area contributed by atoms with Crippen LogP contribution in [0.1, 0.15) is 35.6 Å². The largest absolute Gasteiger partial charge is 0.486 e. The van der Waals surface area contributed by atoms with Crippen LogP contribution in [-0.2, 0) is 6.42 Å². The van der Waals surface area contributed by atoms with E-state index in [4.69, 9.17) is 4.74 Å². The molecule has 1 aromatic rings. The Balaban J connectivity index is 2.52. The molecule has 1 heterocycles. The molecule has 88 valence electrons. The van der Waals surface area contributed by atoms with E-state index in [1.807, 2.05) is 0 Å². The highest BCUT2D eigenvalue weighted by molar-refractivity contribution is 14.1. The Kier molecular flexibility index (Phi) is 3.21. The van der Waals surface area contributed by atoms with Gasteiger partial charge in [0.15, 0.2) is 0 Å². The van der Waals surface area contributed by atoms with Crippen LogP contribution in [-0.4, -0.2) is 10.0 Å². The smallest absolute Gasteiger partial charge is 0.126 e. The molecule has 0 aromatic heterocycles. The molecule has 0 bridgehead atoms. The van der Waals surface area contributed by atoms with E-state index in [0.717, 1.165) is 23.0 Å². The van der Waals surface area contributed by atoms with Gasteiger partial charge < -0.3 is 4.74 Å². The third-order valence-corrected chi connectivity index (χ3v) is 5.26. The summed E-state index contributed by atoms with van der Waals surface area (Å²) in [6, 6.07) is 2.28. The molecule has 2 heteroatoms. The Morgan fingerprint density at radius 3 is 2.62 bits per heavy atom. The number of hydrogen-bond acceptors (Lipinski definition) is 1. The lowest BCUT2D eigenvalue weighted by Crippen LogP contribution is -2.38. The Labute approximate surface area is 112 Å². The summed E-state index contributed by atoms with van der Waals surface area (Å²) in [6.45, 7) is 8.76. The van der Waals surface area contributed by atoms with Gasteiger partial charge in [0.1, 0.15) is 11.4 Å². The predicted molar refractivity (Wildman–Crippen MR) is 76.9 cm³/mol. The first-order valence-electron chi connectivity index (χ1n) is 5.81. The maximum atomic E-state index is 6.25. The molecule has 0 N–H and O–H groups in total. The van der Waals surface area contributed by atoms with Gasteiger partial charge in [-0.2, -0.15) is 0 Å². The summed E-state index contributed by atoms with van der Waals surface area (Å²) >= 11 is 2.43. The van der Waals surface area contributed by atoms with Crippen LogP contribution < -0.4 is 4.74 Å². The molecule has 1 nitrogen and oxygen atoms in total. The van der Waals surface area contributed by atoms with Crippen molar-refractivity contribution in [3.63, 3.8) is 0 Å². The lowest BCUT2D eigenvalue weighted by molar-refractivity contribution is 0.0912. The van der Waals surface area contributed by atoms with Gasteiger partial charge in [0.05, 0.1) is 0 Å². The number of ether oxygens (including phenoxy) is 1. The fraction of sp³-hybridized carbons (Fsp3) is 0.571. The first-order valence-corrected chi connectivity index (χ1v) is 7.34. The number of rotatable bonds is 1. The van der Waals surface area contributed by atoms with E-state index in [9.17, 15) is 0 Å². The minimum atomic E-state index is 0.0263. The average Bonchev–Trinajstić information content (AvgIpc) is 2.26. The Hall–Kier alpha value is -0.250. The van der Waals surface area contributed by atoms with Crippen molar-refractivity contribution in [2.24, 2.45) is 0 Å². The zero-order chi connectivity index (χ0) is 11.9. The van der Waals surface area contributed by atoms with Crippen LogP contribution in [0.5, 0.6) is 5.75 Å². The number of benzene rings is 1. The molecule has 16 heavy (non-hydrogen) atoms. The van der Waals surface area contributed by atoms with Crippen molar-refractivity contribution in [2.75, 3.05) is 4.43 Å². The van der Waals surface area contributed by atoms with E-state index in [-0.39, 0.29) is 5.60 Å². The highest BCUT2D eigenvalue weighted by Crippen LogP contribution is 2.39. The molecule has 1 aliphatic heterocycles. The normalized spacial score (nSPS) is 23.8. The molecular weight excluding hydrogens is 311 g/mol. The summed E-state index contributed by atoms with van der Waals surface area (Å²) in [5.41, 5.74) is 5.49. The molecule has 0 saturated heterocycles. The van der Waals surface area contributed by atoms with Crippen LogP contribution in [0.3, 0.4) is 0 Å². The molecule has 1 unspecified atom stereocenters. The number of fused-ring (bicyclic) bond motifs is 1. The van der Waals surface area contributed by atoms with Crippen molar-refractivity contribution in [3.8, 4) is 5.75 Å². The number of halogens is 1. The summed E-state index contributed by atoms with van der Waals surface area (Å²) < 4.78 is 7.31. The second-order valence-corrected chi connectivity index (χ2v) is 5.89. The van der Waals surface area contributed by atoms with Gasteiger partial charge in [0, 0.05) is 4.43 Å². The van der Waals surface area contributed by atoms with E-state index in [0.29, 0.717) is 0 Å². The van der Waals surface area contributed by atoms with Crippen LogP contribution in [0.4, 0.5) is 0 Å². The monoisotopic (exact) mass is 330 g/mol. The average molecular weight is 330 g/mol. The lowest BCUT2D eigenvalue weighted by Gasteiger charge is -2.36. The highest BCUT2D eigenvalue weighted by atomic mass is 127. The second-order valence-electron chi connectivity index (χ2n) is 5.13. The second kappa shape index (κ2) is 4.21. The number of aryl methyl sites for hydroxylation is 2. The van der Waals surface area contributed by atoms with Gasteiger partial charge in [-0.1, -0.05) is 28.7 Å². The van der Waals surface area contributed by atoms with Crippen LogP contribution in [0, 0.1) is 20.8 Å². The Bertz CT molecular complexity index is 425. The minimum Gasteiger partial charge on any atom is -0.486 e. The molecule has 0 fully saturated rings. The van der Waals surface area contributed by atoms with Gasteiger partial charge in [-0.15, -0.1) is 0 Å². The zero-order valence-corrected chi connectivity index (χ0v) is 12.6. The number of alkyl halides is 1. The van der Waals surface area contributed by atoms with Crippen LogP contribution in [0.2, 0.25) is 0 Å². The fourth-order valence-corrected chi connectivity index (χ4v) is 2.87. The predicted octanol–water partition coefficient (Wildman–Crippen LogP) is 4.13. The molecule has 0 saturated carbocycles. The zero-order valence-electron chi connectivity index (χ0n) is 10.5. The maximum absolute atomic E-state index is 6.25. The van der Waals surface area contributed by atoms with Gasteiger partial charge in [0.2, 0.25) is 0 Å². The van der Waals surface area contributed by atoms with Crippen molar-refractivity contribution >= 4 is 22.6 Å². The summed E-state index contributed by atoms with van der Waals surface area (Å²) in [5, 5.41) is 0. The quantitative estimate of drug-likeness (QED) is 0.556. The van der Waals surface area contributed by atoms with Crippen molar-refractivity contribution in [1.29, 1.82) is 0 Å². The molecule has 0 amide bonds. The summed E-state index contributed by atoms with van der Waals surface area (Å²) in [5.74, 6) is 1.16. The van der Waals surface area contributed by atoms with E-state index in [2.05, 4.69) is 56.4 Å². The summed E-state index contributed by atoms with van der Waals surface area (Å²) in [6.07, 6.45) is 2.29. The van der Waals surface area contributed by atoms with Gasteiger partial charge in [-0.3, -0.25) is 0 Å². The van der Waals surface area contributed by atoms with Crippen LogP contribution >= 0.6 is 22.6 Å². The van der Waals surface area contributed by atoms with Gasteiger partial charge >= 0.3 is 0 Å².